The van der Waals surface area contributed by atoms with Crippen LogP contribution < -0.4 is 5.32 Å². The van der Waals surface area contributed by atoms with Gasteiger partial charge < -0.3 is 10.2 Å². The Morgan fingerprint density at radius 1 is 1.17 bits per heavy atom. The number of aromatic nitrogens is 1. The van der Waals surface area contributed by atoms with Crippen molar-refractivity contribution in [3.63, 3.8) is 0 Å². The number of rotatable bonds is 4. The number of piperidine rings is 2. The van der Waals surface area contributed by atoms with Gasteiger partial charge in [0.25, 0.3) is 0 Å². The molecule has 0 unspecified atom stereocenters. The molecule has 1 N–H and O–H groups in total. The van der Waals surface area contributed by atoms with Crippen molar-refractivity contribution in [3.8, 4) is 0 Å². The van der Waals surface area contributed by atoms with Crippen LogP contribution in [-0.4, -0.2) is 59.6 Å². The zero-order valence-electron chi connectivity index (χ0n) is 14.8. The van der Waals surface area contributed by atoms with E-state index in [9.17, 15) is 4.79 Å². The van der Waals surface area contributed by atoms with Gasteiger partial charge in [0.15, 0.2) is 0 Å². The standard InChI is InChI=1S/C19H30N4O/c1-16-4-2-3-12-22(16)15-11-21-19(24)23-13-7-18(8-14-23)17-5-9-20-10-6-17/h5-6,9-10,16,18H,2-4,7-8,11-15H2,1H3,(H,21,24)/t16-/m1/s1. The SMILES string of the molecule is C[C@@H]1CCCCN1CCNC(=O)N1CCC(c2ccncc2)CC1. The molecule has 132 valence electrons. The van der Waals surface area contributed by atoms with Crippen LogP contribution in [-0.2, 0) is 0 Å². The fraction of sp³-hybridized carbons (Fsp3) is 0.684. The van der Waals surface area contributed by atoms with E-state index in [-0.39, 0.29) is 6.03 Å². The molecule has 1 aromatic rings. The van der Waals surface area contributed by atoms with Crippen molar-refractivity contribution in [2.45, 2.75) is 51.0 Å². The van der Waals surface area contributed by atoms with E-state index in [4.69, 9.17) is 0 Å². The van der Waals surface area contributed by atoms with Crippen molar-refractivity contribution >= 4 is 6.03 Å². The minimum Gasteiger partial charge on any atom is -0.337 e. The Hall–Kier alpha value is -1.62. The third-order valence-electron chi connectivity index (χ3n) is 5.58. The average Bonchev–Trinajstić information content (AvgIpc) is 2.64. The van der Waals surface area contributed by atoms with Gasteiger partial charge in [-0.25, -0.2) is 4.79 Å². The molecule has 1 aromatic heterocycles. The zero-order valence-corrected chi connectivity index (χ0v) is 14.8. The maximum Gasteiger partial charge on any atom is 0.317 e. The van der Waals surface area contributed by atoms with Crippen molar-refractivity contribution < 1.29 is 4.79 Å². The monoisotopic (exact) mass is 330 g/mol. The second-order valence-electron chi connectivity index (χ2n) is 7.15. The van der Waals surface area contributed by atoms with E-state index < -0.39 is 0 Å². The number of hydrogen-bond donors (Lipinski definition) is 1. The lowest BCUT2D eigenvalue weighted by Gasteiger charge is -2.34. The van der Waals surface area contributed by atoms with Crippen LogP contribution in [0.2, 0.25) is 0 Å². The lowest BCUT2D eigenvalue weighted by molar-refractivity contribution is 0.155. The van der Waals surface area contributed by atoms with E-state index >= 15 is 0 Å². The first kappa shape index (κ1) is 17.2. The number of amides is 2. The smallest absolute Gasteiger partial charge is 0.317 e. The molecule has 0 aliphatic carbocycles. The topological polar surface area (TPSA) is 48.5 Å². The maximum atomic E-state index is 12.4. The Kier molecular flexibility index (Phi) is 6.07. The highest BCUT2D eigenvalue weighted by atomic mass is 16.2. The summed E-state index contributed by atoms with van der Waals surface area (Å²) in [5.74, 6) is 0.561. The summed E-state index contributed by atoms with van der Waals surface area (Å²) in [5, 5.41) is 3.11. The molecular formula is C19H30N4O. The molecule has 0 radical (unpaired) electrons. The maximum absolute atomic E-state index is 12.4. The van der Waals surface area contributed by atoms with E-state index in [1.807, 2.05) is 17.3 Å². The van der Waals surface area contributed by atoms with Gasteiger partial charge in [0, 0.05) is 44.6 Å². The van der Waals surface area contributed by atoms with Crippen molar-refractivity contribution in [3.05, 3.63) is 30.1 Å². The molecule has 5 heteroatoms. The van der Waals surface area contributed by atoms with E-state index in [1.165, 1.54) is 31.4 Å². The van der Waals surface area contributed by atoms with Crippen LogP contribution in [0.4, 0.5) is 4.79 Å². The summed E-state index contributed by atoms with van der Waals surface area (Å²) in [6, 6.07) is 4.96. The molecule has 0 bridgehead atoms. The number of carbonyl (C=O) groups is 1. The summed E-state index contributed by atoms with van der Waals surface area (Å²) in [7, 11) is 0. The first-order valence-corrected chi connectivity index (χ1v) is 9.41. The second kappa shape index (κ2) is 8.47. The highest BCUT2D eigenvalue weighted by Crippen LogP contribution is 2.27. The third kappa shape index (κ3) is 4.47. The fourth-order valence-electron chi connectivity index (χ4n) is 3.96. The van der Waals surface area contributed by atoms with Crippen molar-refractivity contribution in [2.24, 2.45) is 0 Å². The van der Waals surface area contributed by atoms with Crippen molar-refractivity contribution in [2.75, 3.05) is 32.7 Å². The van der Waals surface area contributed by atoms with Gasteiger partial charge in [-0.2, -0.15) is 0 Å². The van der Waals surface area contributed by atoms with Gasteiger partial charge in [0.1, 0.15) is 0 Å². The minimum absolute atomic E-state index is 0.104. The Balaban J connectivity index is 1.37. The summed E-state index contributed by atoms with van der Waals surface area (Å²) >= 11 is 0. The number of urea groups is 1. The van der Waals surface area contributed by atoms with Gasteiger partial charge >= 0.3 is 6.03 Å². The van der Waals surface area contributed by atoms with Crippen molar-refractivity contribution in [1.82, 2.24) is 20.1 Å². The molecule has 0 aromatic carbocycles. The summed E-state index contributed by atoms with van der Waals surface area (Å²) in [6.45, 7) is 6.89. The molecule has 2 aliphatic rings. The van der Waals surface area contributed by atoms with Crippen LogP contribution in [0.15, 0.2) is 24.5 Å². The predicted octanol–water partition coefficient (Wildman–Crippen LogP) is 2.85. The highest BCUT2D eigenvalue weighted by Gasteiger charge is 2.24. The molecular weight excluding hydrogens is 300 g/mol. The van der Waals surface area contributed by atoms with Gasteiger partial charge in [-0.15, -0.1) is 0 Å². The van der Waals surface area contributed by atoms with Gasteiger partial charge in [-0.1, -0.05) is 6.42 Å². The van der Waals surface area contributed by atoms with Gasteiger partial charge in [-0.3, -0.25) is 9.88 Å². The Labute approximate surface area is 145 Å². The van der Waals surface area contributed by atoms with E-state index in [0.717, 1.165) is 39.0 Å². The van der Waals surface area contributed by atoms with Crippen LogP contribution >= 0.6 is 0 Å². The fourth-order valence-corrected chi connectivity index (χ4v) is 3.96. The number of hydrogen-bond acceptors (Lipinski definition) is 3. The lowest BCUT2D eigenvalue weighted by atomic mass is 9.90. The summed E-state index contributed by atoms with van der Waals surface area (Å²) < 4.78 is 0. The highest BCUT2D eigenvalue weighted by molar-refractivity contribution is 5.74. The largest absolute Gasteiger partial charge is 0.337 e. The molecule has 3 heterocycles. The molecule has 0 spiro atoms. The first-order chi connectivity index (χ1) is 11.7. The van der Waals surface area contributed by atoms with Crippen LogP contribution in [0.1, 0.15) is 50.5 Å². The van der Waals surface area contributed by atoms with E-state index in [0.29, 0.717) is 12.0 Å². The number of pyridine rings is 1. The molecule has 2 aliphatic heterocycles. The molecule has 2 saturated heterocycles. The third-order valence-corrected chi connectivity index (χ3v) is 5.58. The number of likely N-dealkylation sites (tertiary alicyclic amines) is 2. The Morgan fingerprint density at radius 3 is 2.62 bits per heavy atom. The van der Waals surface area contributed by atoms with Crippen LogP contribution in [0, 0.1) is 0 Å². The minimum atomic E-state index is 0.104. The lowest BCUT2D eigenvalue weighted by Crippen LogP contribution is -2.47. The van der Waals surface area contributed by atoms with Crippen LogP contribution in [0.3, 0.4) is 0 Å². The van der Waals surface area contributed by atoms with Crippen molar-refractivity contribution in [1.29, 1.82) is 0 Å². The molecule has 2 fully saturated rings. The molecule has 3 rings (SSSR count). The van der Waals surface area contributed by atoms with E-state index in [2.05, 4.69) is 34.3 Å². The number of carbonyl (C=O) groups excluding carboxylic acids is 1. The summed E-state index contributed by atoms with van der Waals surface area (Å²) in [5.41, 5.74) is 1.35. The molecule has 0 saturated carbocycles. The molecule has 1 atom stereocenters. The molecule has 5 nitrogen and oxygen atoms in total. The zero-order chi connectivity index (χ0) is 16.8. The van der Waals surface area contributed by atoms with Crippen LogP contribution in [0.5, 0.6) is 0 Å². The normalized spacial score (nSPS) is 23.2. The molecule has 24 heavy (non-hydrogen) atoms. The average molecular weight is 330 g/mol. The van der Waals surface area contributed by atoms with E-state index in [1.54, 1.807) is 0 Å². The Morgan fingerprint density at radius 2 is 1.92 bits per heavy atom. The van der Waals surface area contributed by atoms with Gasteiger partial charge in [0.05, 0.1) is 0 Å². The summed E-state index contributed by atoms with van der Waals surface area (Å²) in [4.78, 5) is 20.9. The van der Waals surface area contributed by atoms with Gasteiger partial charge in [-0.05, 0) is 62.8 Å². The quantitative estimate of drug-likeness (QED) is 0.923. The molecule has 2 amide bonds. The Bertz CT molecular complexity index is 513. The summed E-state index contributed by atoms with van der Waals surface area (Å²) in [6.07, 6.45) is 9.72. The number of nitrogens with one attached hydrogen (secondary N) is 1. The van der Waals surface area contributed by atoms with Gasteiger partial charge in [0.2, 0.25) is 0 Å². The number of nitrogens with zero attached hydrogens (tertiary/aromatic N) is 3. The first-order valence-electron chi connectivity index (χ1n) is 9.41. The van der Waals surface area contributed by atoms with Crippen LogP contribution in [0.25, 0.3) is 0 Å². The predicted molar refractivity (Wildman–Crippen MR) is 96.1 cm³/mol. The second-order valence-corrected chi connectivity index (χ2v) is 7.15.